The highest BCUT2D eigenvalue weighted by Crippen LogP contribution is 2.29. The quantitative estimate of drug-likeness (QED) is 0.731. The van der Waals surface area contributed by atoms with E-state index in [-0.39, 0.29) is 17.7 Å². The maximum Gasteiger partial charge on any atom is 0.237 e. The maximum absolute atomic E-state index is 13.4. The molecule has 1 fully saturated rings. The monoisotopic (exact) mass is 245 g/mol. The van der Waals surface area contributed by atoms with Gasteiger partial charge in [-0.15, -0.1) is 11.6 Å². The zero-order chi connectivity index (χ0) is 11.7. The van der Waals surface area contributed by atoms with E-state index in [1.165, 1.54) is 12.1 Å². The summed E-state index contributed by atoms with van der Waals surface area (Å²) >= 11 is 5.39. The summed E-state index contributed by atoms with van der Waals surface area (Å²) in [5.74, 6) is -1.40. The molecule has 0 saturated carbocycles. The van der Waals surface area contributed by atoms with Gasteiger partial charge in [0.15, 0.2) is 0 Å². The van der Waals surface area contributed by atoms with Crippen LogP contribution in [0.1, 0.15) is 11.5 Å². The molecule has 0 N–H and O–H groups in total. The van der Waals surface area contributed by atoms with Crippen LogP contribution in [-0.2, 0) is 4.79 Å². The Morgan fingerprint density at radius 3 is 2.69 bits per heavy atom. The Morgan fingerprint density at radius 2 is 2.12 bits per heavy atom. The van der Waals surface area contributed by atoms with Gasteiger partial charge >= 0.3 is 0 Å². The van der Waals surface area contributed by atoms with Crippen molar-refractivity contribution in [1.82, 2.24) is 4.90 Å². The summed E-state index contributed by atoms with van der Waals surface area (Å²) in [4.78, 5) is 12.7. The number of benzene rings is 1. The molecule has 2 rings (SSSR count). The van der Waals surface area contributed by atoms with E-state index in [4.69, 9.17) is 11.6 Å². The lowest BCUT2D eigenvalue weighted by molar-refractivity contribution is -0.132. The predicted molar refractivity (Wildman–Crippen MR) is 56.4 cm³/mol. The number of amides is 1. The lowest BCUT2D eigenvalue weighted by Crippen LogP contribution is -2.49. The van der Waals surface area contributed by atoms with Gasteiger partial charge in [-0.2, -0.15) is 0 Å². The fraction of sp³-hybridized carbons (Fsp3) is 0.364. The molecule has 1 aromatic rings. The van der Waals surface area contributed by atoms with Gasteiger partial charge in [0, 0.05) is 25.1 Å². The zero-order valence-corrected chi connectivity index (χ0v) is 9.18. The predicted octanol–water partition coefficient (Wildman–Crippen LogP) is 2.13. The van der Waals surface area contributed by atoms with E-state index in [0.29, 0.717) is 18.7 Å². The van der Waals surface area contributed by atoms with E-state index in [9.17, 15) is 13.6 Å². The Bertz CT molecular complexity index is 418. The van der Waals surface area contributed by atoms with Gasteiger partial charge in [-0.1, -0.05) is 6.07 Å². The summed E-state index contributed by atoms with van der Waals surface area (Å²) in [5.41, 5.74) is 0.458. The Kier molecular flexibility index (Phi) is 3.10. The van der Waals surface area contributed by atoms with Crippen molar-refractivity contribution in [3.63, 3.8) is 0 Å². The molecule has 16 heavy (non-hydrogen) atoms. The van der Waals surface area contributed by atoms with Crippen molar-refractivity contribution in [3.8, 4) is 0 Å². The second-order valence-electron chi connectivity index (χ2n) is 3.80. The van der Waals surface area contributed by atoms with Gasteiger partial charge in [-0.05, 0) is 11.6 Å². The van der Waals surface area contributed by atoms with Gasteiger partial charge in [0.25, 0.3) is 0 Å². The van der Waals surface area contributed by atoms with Crippen LogP contribution < -0.4 is 0 Å². The van der Waals surface area contributed by atoms with Crippen molar-refractivity contribution in [3.05, 3.63) is 35.4 Å². The highest BCUT2D eigenvalue weighted by Gasteiger charge is 2.32. The number of nitrogens with zero attached hydrogens (tertiary/aromatic N) is 1. The summed E-state index contributed by atoms with van der Waals surface area (Å²) < 4.78 is 26.0. The summed E-state index contributed by atoms with van der Waals surface area (Å²) in [6, 6.07) is 3.52. The smallest absolute Gasteiger partial charge is 0.237 e. The Labute approximate surface area is 96.8 Å². The minimum absolute atomic E-state index is 0.0484. The molecule has 0 aliphatic carbocycles. The summed E-state index contributed by atoms with van der Waals surface area (Å²) in [6.45, 7) is 0.905. The zero-order valence-electron chi connectivity index (χ0n) is 8.42. The van der Waals surface area contributed by atoms with E-state index < -0.39 is 11.6 Å². The van der Waals surface area contributed by atoms with E-state index in [2.05, 4.69) is 0 Å². The number of halogens is 3. The lowest BCUT2D eigenvalue weighted by atomic mass is 9.91. The molecule has 0 bridgehead atoms. The average Bonchev–Trinajstić information content (AvgIpc) is 2.18. The summed E-state index contributed by atoms with van der Waals surface area (Å²) in [6.07, 6.45) is 0. The molecule has 0 atom stereocenters. The third-order valence-electron chi connectivity index (χ3n) is 2.75. The molecule has 86 valence electrons. The maximum atomic E-state index is 13.4. The van der Waals surface area contributed by atoms with Crippen molar-refractivity contribution >= 4 is 17.5 Å². The van der Waals surface area contributed by atoms with Crippen molar-refractivity contribution in [2.75, 3.05) is 19.0 Å². The van der Waals surface area contributed by atoms with E-state index >= 15 is 0 Å². The Morgan fingerprint density at radius 1 is 1.44 bits per heavy atom. The number of likely N-dealkylation sites (tertiary alicyclic amines) is 1. The number of rotatable bonds is 2. The minimum Gasteiger partial charge on any atom is -0.340 e. The van der Waals surface area contributed by atoms with E-state index in [1.54, 1.807) is 4.90 Å². The molecule has 0 radical (unpaired) electrons. The molecule has 1 heterocycles. The molecule has 0 spiro atoms. The molecule has 0 aromatic heterocycles. The molecular formula is C11H10ClF2NO. The molecular weight excluding hydrogens is 236 g/mol. The molecule has 1 saturated heterocycles. The third kappa shape index (κ3) is 2.02. The van der Waals surface area contributed by atoms with Gasteiger partial charge in [-0.25, -0.2) is 8.78 Å². The van der Waals surface area contributed by atoms with Crippen LogP contribution in [0.5, 0.6) is 0 Å². The minimum atomic E-state index is -0.589. The molecule has 1 aliphatic rings. The summed E-state index contributed by atoms with van der Waals surface area (Å²) in [7, 11) is 0. The fourth-order valence-corrected chi connectivity index (χ4v) is 1.97. The standard InChI is InChI=1S/C11H10ClF2NO/c12-4-11(16)15-5-7(6-15)9-2-1-8(13)3-10(9)14/h1-3,7H,4-6H2. The molecule has 1 amide bonds. The lowest BCUT2D eigenvalue weighted by Gasteiger charge is -2.39. The van der Waals surface area contributed by atoms with E-state index in [1.807, 2.05) is 0 Å². The van der Waals surface area contributed by atoms with Crippen molar-refractivity contribution in [2.45, 2.75) is 5.92 Å². The van der Waals surface area contributed by atoms with Crippen molar-refractivity contribution in [2.24, 2.45) is 0 Å². The van der Waals surface area contributed by atoms with Crippen LogP contribution in [0.15, 0.2) is 18.2 Å². The topological polar surface area (TPSA) is 20.3 Å². The van der Waals surface area contributed by atoms with Gasteiger partial charge in [0.2, 0.25) is 5.91 Å². The highest BCUT2D eigenvalue weighted by molar-refractivity contribution is 6.27. The first kappa shape index (κ1) is 11.3. The van der Waals surface area contributed by atoms with Crippen LogP contribution >= 0.6 is 11.6 Å². The first-order chi connectivity index (χ1) is 7.61. The van der Waals surface area contributed by atoms with Crippen LogP contribution in [0.4, 0.5) is 8.78 Å². The van der Waals surface area contributed by atoms with Gasteiger partial charge in [-0.3, -0.25) is 4.79 Å². The first-order valence-electron chi connectivity index (χ1n) is 4.90. The normalized spacial score (nSPS) is 16.1. The van der Waals surface area contributed by atoms with Gasteiger partial charge in [0.05, 0.1) is 0 Å². The second-order valence-corrected chi connectivity index (χ2v) is 4.06. The highest BCUT2D eigenvalue weighted by atomic mass is 35.5. The van der Waals surface area contributed by atoms with Crippen LogP contribution in [0, 0.1) is 11.6 Å². The number of hydrogen-bond donors (Lipinski definition) is 0. The van der Waals surface area contributed by atoms with Crippen LogP contribution in [-0.4, -0.2) is 29.8 Å². The van der Waals surface area contributed by atoms with Crippen molar-refractivity contribution < 1.29 is 13.6 Å². The molecule has 5 heteroatoms. The van der Waals surface area contributed by atoms with Crippen LogP contribution in [0.2, 0.25) is 0 Å². The largest absolute Gasteiger partial charge is 0.340 e. The second kappa shape index (κ2) is 4.37. The Balaban J connectivity index is 2.04. The van der Waals surface area contributed by atoms with Crippen molar-refractivity contribution in [1.29, 1.82) is 0 Å². The average molecular weight is 246 g/mol. The molecule has 1 aliphatic heterocycles. The Hall–Kier alpha value is -1.16. The molecule has 2 nitrogen and oxygen atoms in total. The SMILES string of the molecule is O=C(CCl)N1CC(c2ccc(F)cc2F)C1. The third-order valence-corrected chi connectivity index (χ3v) is 2.98. The number of carbonyl (C=O) groups excluding carboxylic acids is 1. The first-order valence-corrected chi connectivity index (χ1v) is 5.44. The van der Waals surface area contributed by atoms with Gasteiger partial charge < -0.3 is 4.90 Å². The van der Waals surface area contributed by atoms with E-state index in [0.717, 1.165) is 6.07 Å². The molecule has 1 aromatic carbocycles. The number of carbonyl (C=O) groups is 1. The van der Waals surface area contributed by atoms with Gasteiger partial charge in [0.1, 0.15) is 17.5 Å². The van der Waals surface area contributed by atoms with Crippen LogP contribution in [0.3, 0.4) is 0 Å². The number of alkyl halides is 1. The summed E-state index contributed by atoms with van der Waals surface area (Å²) in [5, 5.41) is 0. The fourth-order valence-electron chi connectivity index (χ4n) is 1.80. The molecule has 0 unspecified atom stereocenters. The van der Waals surface area contributed by atoms with Crippen LogP contribution in [0.25, 0.3) is 0 Å². The number of hydrogen-bond acceptors (Lipinski definition) is 1.